The summed E-state index contributed by atoms with van der Waals surface area (Å²) < 4.78 is 1.84. The van der Waals surface area contributed by atoms with Crippen LogP contribution < -0.4 is 0 Å². The number of hydrogen-bond donors (Lipinski definition) is 0. The third-order valence-electron chi connectivity index (χ3n) is 2.53. The fourth-order valence-electron chi connectivity index (χ4n) is 1.61. The van der Waals surface area contributed by atoms with E-state index in [1.807, 2.05) is 36.0 Å². The second-order valence-corrected chi connectivity index (χ2v) is 3.70. The van der Waals surface area contributed by atoms with Crippen LogP contribution in [0.3, 0.4) is 0 Å². The standard InChI is InChI=1S/C13H12N2O2/c1-14-9-5-8-12(14)10-13(15(16)17)11-6-3-2-4-7-11/h2-10H,1H3. The Hall–Kier alpha value is -2.36. The van der Waals surface area contributed by atoms with E-state index in [0.717, 1.165) is 5.69 Å². The van der Waals surface area contributed by atoms with Crippen molar-refractivity contribution in [2.24, 2.45) is 7.05 Å². The molecule has 0 bridgehead atoms. The highest BCUT2D eigenvalue weighted by atomic mass is 16.6. The Kier molecular flexibility index (Phi) is 3.05. The van der Waals surface area contributed by atoms with Crippen LogP contribution in [-0.4, -0.2) is 9.49 Å². The Morgan fingerprint density at radius 1 is 1.24 bits per heavy atom. The first-order valence-corrected chi connectivity index (χ1v) is 5.21. The average Bonchev–Trinajstić information content (AvgIpc) is 2.72. The van der Waals surface area contributed by atoms with E-state index in [0.29, 0.717) is 5.56 Å². The van der Waals surface area contributed by atoms with Crippen LogP contribution in [-0.2, 0) is 7.05 Å². The van der Waals surface area contributed by atoms with Gasteiger partial charge in [0.1, 0.15) is 0 Å². The van der Waals surface area contributed by atoms with Crippen LogP contribution in [0.1, 0.15) is 11.3 Å². The van der Waals surface area contributed by atoms with E-state index in [9.17, 15) is 10.1 Å². The van der Waals surface area contributed by atoms with Gasteiger partial charge in [-0.1, -0.05) is 18.2 Å². The summed E-state index contributed by atoms with van der Waals surface area (Å²) in [7, 11) is 1.86. The molecule has 0 unspecified atom stereocenters. The largest absolute Gasteiger partial charge is 0.351 e. The van der Waals surface area contributed by atoms with Crippen molar-refractivity contribution in [2.75, 3.05) is 0 Å². The van der Waals surface area contributed by atoms with Gasteiger partial charge >= 0.3 is 0 Å². The quantitative estimate of drug-likeness (QED) is 0.599. The lowest BCUT2D eigenvalue weighted by atomic mass is 10.1. The molecule has 0 amide bonds. The summed E-state index contributed by atoms with van der Waals surface area (Å²) in [6.07, 6.45) is 3.43. The smallest absolute Gasteiger partial charge is 0.278 e. The fourth-order valence-corrected chi connectivity index (χ4v) is 1.61. The van der Waals surface area contributed by atoms with Crippen LogP contribution in [0, 0.1) is 10.1 Å². The molecule has 17 heavy (non-hydrogen) atoms. The highest BCUT2D eigenvalue weighted by molar-refractivity contribution is 5.75. The van der Waals surface area contributed by atoms with E-state index in [4.69, 9.17) is 0 Å². The Morgan fingerprint density at radius 3 is 2.47 bits per heavy atom. The van der Waals surface area contributed by atoms with E-state index in [-0.39, 0.29) is 10.6 Å². The second kappa shape index (κ2) is 4.65. The van der Waals surface area contributed by atoms with Gasteiger partial charge in [0.2, 0.25) is 0 Å². The Balaban J connectivity index is 2.47. The van der Waals surface area contributed by atoms with Crippen molar-refractivity contribution in [1.29, 1.82) is 0 Å². The van der Waals surface area contributed by atoms with E-state index in [1.54, 1.807) is 30.3 Å². The van der Waals surface area contributed by atoms with Gasteiger partial charge in [-0.25, -0.2) is 0 Å². The number of hydrogen-bond acceptors (Lipinski definition) is 2. The minimum atomic E-state index is -0.359. The molecule has 0 aliphatic carbocycles. The molecular weight excluding hydrogens is 216 g/mol. The average molecular weight is 228 g/mol. The monoisotopic (exact) mass is 228 g/mol. The first kappa shape index (κ1) is 11.1. The summed E-state index contributed by atoms with van der Waals surface area (Å²) in [5.41, 5.74) is 1.52. The summed E-state index contributed by atoms with van der Waals surface area (Å²) in [4.78, 5) is 10.7. The molecule has 0 N–H and O–H groups in total. The van der Waals surface area contributed by atoms with E-state index < -0.39 is 0 Å². The summed E-state index contributed by atoms with van der Waals surface area (Å²) in [6.45, 7) is 0. The number of nitro groups is 1. The summed E-state index contributed by atoms with van der Waals surface area (Å²) >= 11 is 0. The van der Waals surface area contributed by atoms with Gasteiger partial charge in [-0.3, -0.25) is 10.1 Å². The molecule has 1 aromatic carbocycles. The molecule has 0 aliphatic heterocycles. The van der Waals surface area contributed by atoms with Crippen LogP contribution in [0.15, 0.2) is 48.7 Å². The van der Waals surface area contributed by atoms with Crippen LogP contribution in [0.25, 0.3) is 11.8 Å². The van der Waals surface area contributed by atoms with Gasteiger partial charge in [0.05, 0.1) is 10.5 Å². The third-order valence-corrected chi connectivity index (χ3v) is 2.53. The SMILES string of the molecule is Cn1cccc1C=C(c1ccccc1)[N+](=O)[O-]. The number of nitrogens with zero attached hydrogens (tertiary/aromatic N) is 2. The van der Waals surface area contributed by atoms with Crippen molar-refractivity contribution in [2.45, 2.75) is 0 Å². The molecule has 4 nitrogen and oxygen atoms in total. The van der Waals surface area contributed by atoms with Crippen molar-refractivity contribution in [3.63, 3.8) is 0 Å². The van der Waals surface area contributed by atoms with Crippen LogP contribution in [0.2, 0.25) is 0 Å². The molecule has 0 saturated carbocycles. The van der Waals surface area contributed by atoms with Gasteiger partial charge in [0.15, 0.2) is 0 Å². The topological polar surface area (TPSA) is 48.1 Å². The molecule has 1 aromatic heterocycles. The molecule has 2 aromatic rings. The number of aryl methyl sites for hydroxylation is 1. The van der Waals surface area contributed by atoms with E-state index in [1.165, 1.54) is 0 Å². The maximum absolute atomic E-state index is 11.1. The molecule has 0 fully saturated rings. The maximum atomic E-state index is 11.1. The van der Waals surface area contributed by atoms with E-state index >= 15 is 0 Å². The van der Waals surface area contributed by atoms with Gasteiger partial charge in [-0.15, -0.1) is 0 Å². The Labute approximate surface area is 99.0 Å². The summed E-state index contributed by atoms with van der Waals surface area (Å²) in [5, 5.41) is 11.1. The van der Waals surface area contributed by atoms with Crippen molar-refractivity contribution >= 4 is 11.8 Å². The zero-order chi connectivity index (χ0) is 12.3. The van der Waals surface area contributed by atoms with Crippen molar-refractivity contribution < 1.29 is 4.92 Å². The lowest BCUT2D eigenvalue weighted by Gasteiger charge is -2.00. The Bertz CT molecular complexity index is 556. The maximum Gasteiger partial charge on any atom is 0.278 e. The molecule has 86 valence electrons. The van der Waals surface area contributed by atoms with Gasteiger partial charge < -0.3 is 4.57 Å². The molecule has 0 atom stereocenters. The zero-order valence-corrected chi connectivity index (χ0v) is 9.41. The first-order valence-electron chi connectivity index (χ1n) is 5.21. The van der Waals surface area contributed by atoms with Crippen molar-refractivity contribution in [3.05, 3.63) is 70.0 Å². The molecule has 0 saturated heterocycles. The predicted molar refractivity (Wildman–Crippen MR) is 66.7 cm³/mol. The van der Waals surface area contributed by atoms with Crippen LogP contribution in [0.4, 0.5) is 0 Å². The molecular formula is C13H12N2O2. The third kappa shape index (κ3) is 2.42. The minimum Gasteiger partial charge on any atom is -0.351 e. The lowest BCUT2D eigenvalue weighted by Crippen LogP contribution is -1.99. The van der Waals surface area contributed by atoms with Gasteiger partial charge in [0, 0.05) is 25.0 Å². The molecule has 1 heterocycles. The molecule has 0 radical (unpaired) electrons. The van der Waals surface area contributed by atoms with Gasteiger partial charge in [0.25, 0.3) is 5.70 Å². The van der Waals surface area contributed by atoms with Crippen molar-refractivity contribution in [1.82, 2.24) is 4.57 Å². The molecule has 2 rings (SSSR count). The fraction of sp³-hybridized carbons (Fsp3) is 0.0769. The second-order valence-electron chi connectivity index (χ2n) is 3.70. The van der Waals surface area contributed by atoms with Gasteiger partial charge in [-0.05, 0) is 24.3 Å². The normalized spacial score (nSPS) is 11.5. The predicted octanol–water partition coefficient (Wildman–Crippen LogP) is 2.80. The number of benzene rings is 1. The highest BCUT2D eigenvalue weighted by Crippen LogP contribution is 2.18. The van der Waals surface area contributed by atoms with Gasteiger partial charge in [-0.2, -0.15) is 0 Å². The number of aromatic nitrogens is 1. The first-order chi connectivity index (χ1) is 8.18. The van der Waals surface area contributed by atoms with Crippen LogP contribution >= 0.6 is 0 Å². The molecule has 0 spiro atoms. The van der Waals surface area contributed by atoms with Crippen molar-refractivity contribution in [3.8, 4) is 0 Å². The summed E-state index contributed by atoms with van der Waals surface area (Å²) in [6, 6.07) is 12.6. The zero-order valence-electron chi connectivity index (χ0n) is 9.41. The molecule has 0 aliphatic rings. The summed E-state index contributed by atoms with van der Waals surface area (Å²) in [5.74, 6) is 0. The Morgan fingerprint density at radius 2 is 1.94 bits per heavy atom. The van der Waals surface area contributed by atoms with Crippen LogP contribution in [0.5, 0.6) is 0 Å². The number of rotatable bonds is 3. The van der Waals surface area contributed by atoms with E-state index in [2.05, 4.69) is 0 Å². The highest BCUT2D eigenvalue weighted by Gasteiger charge is 2.14. The lowest BCUT2D eigenvalue weighted by molar-refractivity contribution is -0.374. The minimum absolute atomic E-state index is 0.104. The molecule has 4 heteroatoms.